The van der Waals surface area contributed by atoms with Crippen molar-refractivity contribution in [2.24, 2.45) is 0 Å². The minimum Gasteiger partial charge on any atom is -0.508 e. The molecule has 0 fully saturated rings. The highest BCUT2D eigenvalue weighted by atomic mass is 31.2. The largest absolute Gasteiger partial charge is 0.508 e. The Labute approximate surface area is 279 Å². The van der Waals surface area contributed by atoms with Crippen molar-refractivity contribution < 1.29 is 29.5 Å². The number of aliphatic hydroxyl groups is 1. The Kier molecular flexibility index (Phi) is 14.2. The van der Waals surface area contributed by atoms with Gasteiger partial charge in [-0.25, -0.2) is 5.09 Å². The lowest BCUT2D eigenvalue weighted by atomic mass is 9.63. The van der Waals surface area contributed by atoms with Crippen LogP contribution in [0.15, 0.2) is 97.1 Å². The Morgan fingerprint density at radius 2 is 1.26 bits per heavy atom. The molecule has 0 aliphatic rings. The van der Waals surface area contributed by atoms with E-state index in [-0.39, 0.29) is 37.0 Å². The number of phenolic OH excluding ortho intramolecular Hbond substituents is 1. The maximum atomic E-state index is 11.2. The van der Waals surface area contributed by atoms with Crippen LogP contribution in [0.3, 0.4) is 0 Å². The van der Waals surface area contributed by atoms with Gasteiger partial charge < -0.3 is 29.5 Å². The lowest BCUT2D eigenvalue weighted by Crippen LogP contribution is -2.50. The summed E-state index contributed by atoms with van der Waals surface area (Å²) < 4.78 is 10.8. The van der Waals surface area contributed by atoms with E-state index in [1.165, 1.54) is 0 Å². The summed E-state index contributed by atoms with van der Waals surface area (Å²) in [5.74, 6) is 1.60. The highest BCUT2D eigenvalue weighted by Crippen LogP contribution is 2.50. The number of rotatable bonds is 13. The third-order valence-electron chi connectivity index (χ3n) is 8.03. The van der Waals surface area contributed by atoms with Gasteiger partial charge in [0.25, 0.3) is 8.53 Å². The first kappa shape index (κ1) is 37.5. The summed E-state index contributed by atoms with van der Waals surface area (Å²) in [5, 5.41) is 32.8. The molecule has 5 N–H and O–H groups in total. The Hall–Kier alpha value is -4.00. The summed E-state index contributed by atoms with van der Waals surface area (Å²) in [5.41, 5.74) is 3.25. The zero-order valence-electron chi connectivity index (χ0n) is 27.8. The number of ether oxygens (including phenoxy) is 2. The predicted molar refractivity (Wildman–Crippen MR) is 186 cm³/mol. The van der Waals surface area contributed by atoms with Gasteiger partial charge in [0.15, 0.2) is 0 Å². The second-order valence-electron chi connectivity index (χ2n) is 11.5. The molecule has 1 atom stereocenters. The van der Waals surface area contributed by atoms with E-state index in [0.29, 0.717) is 11.1 Å². The number of benzene rings is 4. The maximum Gasteiger partial charge on any atom is 0.251 e. The van der Waals surface area contributed by atoms with Gasteiger partial charge in [-0.2, -0.15) is 5.26 Å². The minimum atomic E-state index is -2.18. The molecule has 10 heteroatoms. The molecule has 4 aromatic rings. The molecule has 4 aromatic carbocycles. The van der Waals surface area contributed by atoms with Gasteiger partial charge in [-0.05, 0) is 80.3 Å². The van der Waals surface area contributed by atoms with E-state index >= 15 is 0 Å². The van der Waals surface area contributed by atoms with E-state index in [9.17, 15) is 10.2 Å². The van der Waals surface area contributed by atoms with Crippen LogP contribution in [0, 0.1) is 11.3 Å². The summed E-state index contributed by atoms with van der Waals surface area (Å²) in [6, 6.07) is 33.5. The minimum absolute atomic E-state index is 0.118. The number of nitrogens with one attached hydrogen (secondary N) is 1. The third-order valence-corrected chi connectivity index (χ3v) is 8.56. The molecular weight excluding hydrogens is 613 g/mol. The Balaban J connectivity index is 0.000000339. The van der Waals surface area contributed by atoms with Crippen LogP contribution in [0.1, 0.15) is 61.9 Å². The van der Waals surface area contributed by atoms with Crippen LogP contribution in [-0.2, 0) is 12.0 Å². The van der Waals surface area contributed by atoms with Gasteiger partial charge in [0.2, 0.25) is 0 Å². The van der Waals surface area contributed by atoms with Crippen LogP contribution in [0.5, 0.6) is 17.2 Å². The van der Waals surface area contributed by atoms with Gasteiger partial charge in [-0.1, -0.05) is 66.7 Å². The van der Waals surface area contributed by atoms with Crippen LogP contribution in [0.2, 0.25) is 0 Å². The molecule has 0 aliphatic heterocycles. The summed E-state index contributed by atoms with van der Waals surface area (Å²) in [6.45, 7) is 7.86. The van der Waals surface area contributed by atoms with Crippen LogP contribution >= 0.6 is 8.53 Å². The average Bonchev–Trinajstić information content (AvgIpc) is 3.06. The molecule has 0 saturated carbocycles. The van der Waals surface area contributed by atoms with Crippen LogP contribution < -0.4 is 14.6 Å². The molecule has 0 saturated heterocycles. The third kappa shape index (κ3) is 8.88. The second kappa shape index (κ2) is 17.8. The van der Waals surface area contributed by atoms with Crippen molar-refractivity contribution in [3.63, 3.8) is 0 Å². The summed E-state index contributed by atoms with van der Waals surface area (Å²) in [6.07, 6.45) is -0.0767. The Morgan fingerprint density at radius 1 is 0.766 bits per heavy atom. The molecule has 250 valence electrons. The van der Waals surface area contributed by atoms with Crippen LogP contribution in [0.25, 0.3) is 0 Å². The number of nitriles is 1. The number of aromatic hydroxyl groups is 1. The number of nitrogens with zero attached hydrogens (tertiary/aromatic N) is 2. The van der Waals surface area contributed by atoms with Gasteiger partial charge in [0.05, 0.1) is 44.9 Å². The zero-order chi connectivity index (χ0) is 34.6. The molecule has 0 amide bonds. The van der Waals surface area contributed by atoms with Crippen LogP contribution in [-0.4, -0.2) is 57.4 Å². The molecule has 0 aromatic heterocycles. The predicted octanol–water partition coefficient (Wildman–Crippen LogP) is 6.43. The van der Waals surface area contributed by atoms with Crippen molar-refractivity contribution in [1.82, 2.24) is 9.99 Å². The van der Waals surface area contributed by atoms with Gasteiger partial charge in [0, 0.05) is 17.6 Å². The quantitative estimate of drug-likeness (QED) is 0.0624. The van der Waals surface area contributed by atoms with Crippen molar-refractivity contribution in [3.8, 4) is 23.3 Å². The van der Waals surface area contributed by atoms with E-state index in [1.807, 2.05) is 124 Å². The van der Waals surface area contributed by atoms with E-state index in [2.05, 4.69) is 5.09 Å². The number of methoxy groups -OCH3 is 2. The van der Waals surface area contributed by atoms with Crippen molar-refractivity contribution in [1.29, 1.82) is 5.26 Å². The molecule has 9 nitrogen and oxygen atoms in total. The monoisotopic (exact) mass is 659 g/mol. The lowest BCUT2D eigenvalue weighted by molar-refractivity contribution is 0.104. The molecule has 0 radical (unpaired) electrons. The van der Waals surface area contributed by atoms with Crippen molar-refractivity contribution >= 4 is 8.53 Å². The van der Waals surface area contributed by atoms with Gasteiger partial charge in [-0.3, -0.25) is 4.90 Å². The number of aliphatic hydroxyl groups excluding tert-OH is 1. The van der Waals surface area contributed by atoms with Gasteiger partial charge >= 0.3 is 0 Å². The molecular formula is C37H46N3O6P. The molecule has 1 unspecified atom stereocenters. The first-order valence-electron chi connectivity index (χ1n) is 15.4. The van der Waals surface area contributed by atoms with Gasteiger partial charge in [-0.15, -0.1) is 0 Å². The normalized spacial score (nSPS) is 12.1. The smallest absolute Gasteiger partial charge is 0.251 e. The molecule has 0 spiro atoms. The SMILES string of the molecule is CC(C)N(C(C)C)C(CC#N)NP(O)O.COc1ccc(C(c2ccccc2)(c2ccc(OC)cc2)c2c(O)cccc2CO)cc1. The Morgan fingerprint density at radius 3 is 1.66 bits per heavy atom. The second-order valence-corrected chi connectivity index (χ2v) is 12.3. The number of phenols is 1. The van der Waals surface area contributed by atoms with Crippen molar-refractivity contribution in [3.05, 3.63) is 125 Å². The lowest BCUT2D eigenvalue weighted by Gasteiger charge is -2.38. The fraction of sp³-hybridized carbons (Fsp3) is 0.324. The van der Waals surface area contributed by atoms with E-state index < -0.39 is 13.9 Å². The number of hydrogen-bond donors (Lipinski definition) is 5. The van der Waals surface area contributed by atoms with E-state index in [1.54, 1.807) is 26.4 Å². The van der Waals surface area contributed by atoms with Gasteiger partial charge in [0.1, 0.15) is 17.2 Å². The van der Waals surface area contributed by atoms with Crippen molar-refractivity contribution in [2.45, 2.75) is 64.4 Å². The molecule has 0 bridgehead atoms. The summed E-state index contributed by atoms with van der Waals surface area (Å²) in [4.78, 5) is 19.9. The van der Waals surface area contributed by atoms with E-state index in [0.717, 1.165) is 28.2 Å². The number of hydrogen-bond acceptors (Lipinski definition) is 9. The molecule has 0 heterocycles. The molecule has 4 rings (SSSR count). The highest BCUT2D eigenvalue weighted by Gasteiger charge is 2.42. The first-order valence-corrected chi connectivity index (χ1v) is 16.6. The fourth-order valence-corrected chi connectivity index (χ4v) is 6.70. The maximum absolute atomic E-state index is 11.2. The van der Waals surface area contributed by atoms with Crippen LogP contribution in [0.4, 0.5) is 0 Å². The topological polar surface area (TPSA) is 138 Å². The summed E-state index contributed by atoms with van der Waals surface area (Å²) in [7, 11) is 1.09. The van der Waals surface area contributed by atoms with E-state index in [4.69, 9.17) is 24.5 Å². The summed E-state index contributed by atoms with van der Waals surface area (Å²) >= 11 is 0. The fourth-order valence-electron chi connectivity index (χ4n) is 6.21. The zero-order valence-corrected chi connectivity index (χ0v) is 28.7. The first-order chi connectivity index (χ1) is 22.5. The average molecular weight is 660 g/mol. The Bertz CT molecular complexity index is 1500. The molecule has 0 aliphatic carbocycles. The standard InChI is InChI=1S/C28H26O4.C9H20N3O2P/c1-31-24-15-11-22(12-16-24)28(21-8-4-3-5-9-21,23-13-17-25(32-2)18-14-23)27-20(19-29)7-6-10-26(27)30;1-7(2)12(8(3)4)9(5-6-10)11-15(13)14/h3-18,29-30H,19H2,1-2H3;7-9,11,13-14H,5H2,1-4H3. The highest BCUT2D eigenvalue weighted by molar-refractivity contribution is 7.42. The van der Waals surface area contributed by atoms with Crippen molar-refractivity contribution in [2.75, 3.05) is 14.2 Å². The molecule has 47 heavy (non-hydrogen) atoms.